The number of halogens is 2. The van der Waals surface area contributed by atoms with Gasteiger partial charge in [0.2, 0.25) is 0 Å². The van der Waals surface area contributed by atoms with Crippen molar-refractivity contribution in [2.75, 3.05) is 32.1 Å². The van der Waals surface area contributed by atoms with Gasteiger partial charge in [-0.05, 0) is 45.1 Å². The molecule has 0 radical (unpaired) electrons. The minimum atomic E-state index is -0.669. The van der Waals surface area contributed by atoms with Gasteiger partial charge in [0.05, 0.1) is 11.6 Å². The highest BCUT2D eigenvalue weighted by atomic mass is 19.1. The number of hydrogen-bond donors (Lipinski definition) is 0. The van der Waals surface area contributed by atoms with Gasteiger partial charge < -0.3 is 9.80 Å². The van der Waals surface area contributed by atoms with Crippen LogP contribution in [0.4, 0.5) is 14.5 Å². The average molecular weight is 265 g/mol. The number of nitriles is 1. The second kappa shape index (κ2) is 5.54. The second-order valence-electron chi connectivity index (χ2n) is 5.05. The Morgan fingerprint density at radius 2 is 1.79 bits per heavy atom. The van der Waals surface area contributed by atoms with Gasteiger partial charge in [0.1, 0.15) is 5.69 Å². The Morgan fingerprint density at radius 3 is 2.26 bits per heavy atom. The van der Waals surface area contributed by atoms with Gasteiger partial charge in [0, 0.05) is 13.1 Å². The lowest BCUT2D eigenvalue weighted by Crippen LogP contribution is -2.42. The molecule has 5 heteroatoms. The van der Waals surface area contributed by atoms with Crippen molar-refractivity contribution >= 4 is 5.69 Å². The molecule has 0 bridgehead atoms. The second-order valence-corrected chi connectivity index (χ2v) is 5.05. The maximum atomic E-state index is 13.9. The molecular formula is C14H17F2N3. The van der Waals surface area contributed by atoms with Gasteiger partial charge in [-0.3, -0.25) is 0 Å². The van der Waals surface area contributed by atoms with Gasteiger partial charge in [-0.2, -0.15) is 5.26 Å². The molecule has 1 aliphatic heterocycles. The van der Waals surface area contributed by atoms with E-state index in [0.29, 0.717) is 0 Å². The zero-order valence-corrected chi connectivity index (χ0v) is 11.2. The van der Waals surface area contributed by atoms with Crippen LogP contribution in [0.3, 0.4) is 0 Å². The van der Waals surface area contributed by atoms with E-state index in [1.807, 2.05) is 7.05 Å². The highest BCUT2D eigenvalue weighted by molar-refractivity contribution is 5.52. The smallest absolute Gasteiger partial charge is 0.150 e. The van der Waals surface area contributed by atoms with Crippen molar-refractivity contribution in [2.45, 2.75) is 18.9 Å². The van der Waals surface area contributed by atoms with Crippen LogP contribution in [0.2, 0.25) is 0 Å². The fourth-order valence-corrected chi connectivity index (χ4v) is 2.53. The first-order valence-corrected chi connectivity index (χ1v) is 6.33. The van der Waals surface area contributed by atoms with Crippen LogP contribution in [-0.2, 0) is 0 Å². The minimum absolute atomic E-state index is 0.00975. The molecule has 0 aliphatic carbocycles. The van der Waals surface area contributed by atoms with Crippen molar-refractivity contribution in [3.63, 3.8) is 0 Å². The first kappa shape index (κ1) is 13.8. The Kier molecular flexibility index (Phi) is 4.01. The zero-order valence-electron chi connectivity index (χ0n) is 11.2. The molecular weight excluding hydrogens is 248 g/mol. The number of anilines is 1. The van der Waals surface area contributed by atoms with Gasteiger partial charge in [0.15, 0.2) is 11.6 Å². The van der Waals surface area contributed by atoms with E-state index in [1.165, 1.54) is 0 Å². The van der Waals surface area contributed by atoms with Crippen LogP contribution in [0.25, 0.3) is 0 Å². The highest BCUT2D eigenvalue weighted by Crippen LogP contribution is 2.28. The third kappa shape index (κ3) is 2.85. The molecule has 1 aromatic rings. The van der Waals surface area contributed by atoms with Gasteiger partial charge >= 0.3 is 0 Å². The summed E-state index contributed by atoms with van der Waals surface area (Å²) in [6.45, 7) is 1.85. The van der Waals surface area contributed by atoms with E-state index in [4.69, 9.17) is 5.26 Å². The summed E-state index contributed by atoms with van der Waals surface area (Å²) < 4.78 is 27.9. The first-order chi connectivity index (χ1) is 9.02. The molecule has 3 nitrogen and oxygen atoms in total. The molecule has 0 unspecified atom stereocenters. The van der Waals surface area contributed by atoms with E-state index >= 15 is 0 Å². The Bertz CT molecular complexity index is 479. The normalized spacial score (nSPS) is 17.2. The lowest BCUT2D eigenvalue weighted by Gasteiger charge is -2.36. The van der Waals surface area contributed by atoms with Crippen LogP contribution in [0.1, 0.15) is 18.4 Å². The molecule has 0 saturated carbocycles. The molecule has 0 N–H and O–H groups in total. The summed E-state index contributed by atoms with van der Waals surface area (Å²) >= 11 is 0. The third-order valence-electron chi connectivity index (χ3n) is 3.73. The molecule has 0 aromatic heterocycles. The van der Waals surface area contributed by atoms with Crippen LogP contribution < -0.4 is 4.90 Å². The summed E-state index contributed by atoms with van der Waals surface area (Å²) in [5, 5.41) is 8.69. The zero-order chi connectivity index (χ0) is 14.0. The van der Waals surface area contributed by atoms with Crippen LogP contribution in [-0.4, -0.2) is 38.1 Å². The molecule has 1 aliphatic rings. The van der Waals surface area contributed by atoms with E-state index in [1.54, 1.807) is 18.0 Å². The van der Waals surface area contributed by atoms with Crippen molar-refractivity contribution in [3.05, 3.63) is 29.3 Å². The van der Waals surface area contributed by atoms with E-state index in [9.17, 15) is 8.78 Å². The standard InChI is InChI=1S/C14H17F2N3/c1-18-5-3-11(4-6-18)19(2)14-12(15)7-10(9-17)8-13(14)16/h7-8,11H,3-6H2,1-2H3. The summed E-state index contributed by atoms with van der Waals surface area (Å²) in [6, 6.07) is 4.06. The summed E-state index contributed by atoms with van der Waals surface area (Å²) in [5.74, 6) is -1.34. The monoisotopic (exact) mass is 265 g/mol. The molecule has 0 amide bonds. The fourth-order valence-electron chi connectivity index (χ4n) is 2.53. The van der Waals surface area contributed by atoms with E-state index < -0.39 is 11.6 Å². The van der Waals surface area contributed by atoms with Crippen molar-refractivity contribution in [1.29, 1.82) is 5.26 Å². The van der Waals surface area contributed by atoms with Crippen LogP contribution in [0, 0.1) is 23.0 Å². The molecule has 1 heterocycles. The Labute approximate surface area is 112 Å². The van der Waals surface area contributed by atoms with Gasteiger partial charge in [0.25, 0.3) is 0 Å². The third-order valence-corrected chi connectivity index (χ3v) is 3.73. The Balaban J connectivity index is 2.24. The van der Waals surface area contributed by atoms with E-state index in [2.05, 4.69) is 4.90 Å². The van der Waals surface area contributed by atoms with Crippen LogP contribution in [0.15, 0.2) is 12.1 Å². The number of nitrogens with zero attached hydrogens (tertiary/aromatic N) is 3. The number of rotatable bonds is 2. The summed E-state index contributed by atoms with van der Waals surface area (Å²) in [5.41, 5.74) is -0.0240. The number of hydrogen-bond acceptors (Lipinski definition) is 3. The number of likely N-dealkylation sites (tertiary alicyclic amines) is 1. The molecule has 1 saturated heterocycles. The van der Waals surface area contributed by atoms with Crippen molar-refractivity contribution in [1.82, 2.24) is 4.90 Å². The maximum absolute atomic E-state index is 13.9. The van der Waals surface area contributed by atoms with E-state index in [0.717, 1.165) is 38.1 Å². The lowest BCUT2D eigenvalue weighted by atomic mass is 10.0. The highest BCUT2D eigenvalue weighted by Gasteiger charge is 2.25. The lowest BCUT2D eigenvalue weighted by molar-refractivity contribution is 0.252. The molecule has 1 aromatic carbocycles. The van der Waals surface area contributed by atoms with Crippen LogP contribution >= 0.6 is 0 Å². The first-order valence-electron chi connectivity index (χ1n) is 6.33. The summed E-state index contributed by atoms with van der Waals surface area (Å²) in [6.07, 6.45) is 1.76. The molecule has 19 heavy (non-hydrogen) atoms. The Morgan fingerprint density at radius 1 is 1.26 bits per heavy atom. The molecule has 1 fully saturated rings. The quantitative estimate of drug-likeness (QED) is 0.822. The summed E-state index contributed by atoms with van der Waals surface area (Å²) in [4.78, 5) is 3.87. The Hall–Kier alpha value is -1.67. The van der Waals surface area contributed by atoms with Gasteiger partial charge in [-0.15, -0.1) is 0 Å². The number of piperidine rings is 1. The SMILES string of the molecule is CN1CCC(N(C)c2c(F)cc(C#N)cc2F)CC1. The molecule has 102 valence electrons. The van der Waals surface area contributed by atoms with Crippen molar-refractivity contribution in [2.24, 2.45) is 0 Å². The maximum Gasteiger partial charge on any atom is 0.150 e. The predicted octanol–water partition coefficient (Wildman–Crippen LogP) is 2.37. The van der Waals surface area contributed by atoms with Gasteiger partial charge in [-0.1, -0.05) is 0 Å². The predicted molar refractivity (Wildman–Crippen MR) is 70.0 cm³/mol. The average Bonchev–Trinajstić information content (AvgIpc) is 2.38. The van der Waals surface area contributed by atoms with Crippen LogP contribution in [0.5, 0.6) is 0 Å². The topological polar surface area (TPSA) is 30.3 Å². The van der Waals surface area contributed by atoms with Crippen molar-refractivity contribution < 1.29 is 8.78 Å². The van der Waals surface area contributed by atoms with Gasteiger partial charge in [-0.25, -0.2) is 8.78 Å². The summed E-state index contributed by atoms with van der Waals surface area (Å²) in [7, 11) is 3.75. The molecule has 2 rings (SSSR count). The molecule has 0 atom stereocenters. The number of benzene rings is 1. The van der Waals surface area contributed by atoms with E-state index in [-0.39, 0.29) is 17.3 Å². The van der Waals surface area contributed by atoms with Crippen molar-refractivity contribution in [3.8, 4) is 6.07 Å². The largest absolute Gasteiger partial charge is 0.367 e. The fraction of sp³-hybridized carbons (Fsp3) is 0.500. The molecule has 0 spiro atoms. The minimum Gasteiger partial charge on any atom is -0.367 e.